The Morgan fingerprint density at radius 2 is 1.96 bits per heavy atom. The van der Waals surface area contributed by atoms with Crippen molar-refractivity contribution >= 4 is 23.4 Å². The number of carbonyl (C=O) groups excluding carboxylic acids is 1. The number of tetrazole rings is 1. The van der Waals surface area contributed by atoms with Crippen molar-refractivity contribution < 1.29 is 9.53 Å². The van der Waals surface area contributed by atoms with Crippen LogP contribution in [0.4, 0.5) is 5.69 Å². The lowest BCUT2D eigenvalue weighted by Crippen LogP contribution is -2.32. The van der Waals surface area contributed by atoms with Crippen molar-refractivity contribution in [3.63, 3.8) is 0 Å². The molecule has 0 saturated carbocycles. The molecule has 0 aliphatic rings. The molecule has 0 bridgehead atoms. The maximum atomic E-state index is 12.8. The number of hydrogen-bond acceptors (Lipinski definition) is 6. The summed E-state index contributed by atoms with van der Waals surface area (Å²) in [6.07, 6.45) is 1.71. The number of anilines is 1. The summed E-state index contributed by atoms with van der Waals surface area (Å²) in [5.74, 6) is 0.826. The highest BCUT2D eigenvalue weighted by Gasteiger charge is 2.18. The van der Waals surface area contributed by atoms with Gasteiger partial charge in [0.25, 0.3) is 0 Å². The Labute approximate surface area is 168 Å². The molecule has 3 aromatic rings. The first-order valence-corrected chi connectivity index (χ1v) is 9.82. The van der Waals surface area contributed by atoms with Crippen molar-refractivity contribution in [2.24, 2.45) is 0 Å². The van der Waals surface area contributed by atoms with E-state index in [2.05, 4.69) is 22.1 Å². The van der Waals surface area contributed by atoms with Crippen molar-refractivity contribution in [3.8, 4) is 11.4 Å². The van der Waals surface area contributed by atoms with Gasteiger partial charge in [0, 0.05) is 12.2 Å². The van der Waals surface area contributed by atoms with Crippen LogP contribution in [0.2, 0.25) is 0 Å². The SMILES string of the molecule is C=CCN(C(=O)CSc1nnnn1-c1ccccc1OCC)c1ccccc1. The third kappa shape index (κ3) is 4.58. The Kier molecular flexibility index (Phi) is 6.80. The van der Waals surface area contributed by atoms with Gasteiger partial charge in [-0.15, -0.1) is 11.7 Å². The third-order valence-electron chi connectivity index (χ3n) is 3.84. The van der Waals surface area contributed by atoms with Crippen LogP contribution in [-0.4, -0.2) is 45.0 Å². The number of ether oxygens (including phenoxy) is 1. The fraction of sp³-hybridized carbons (Fsp3) is 0.200. The van der Waals surface area contributed by atoms with E-state index in [0.29, 0.717) is 24.1 Å². The summed E-state index contributed by atoms with van der Waals surface area (Å²) in [7, 11) is 0. The average molecular weight is 395 g/mol. The largest absolute Gasteiger partial charge is 0.492 e. The van der Waals surface area contributed by atoms with Crippen LogP contribution in [0.3, 0.4) is 0 Å². The van der Waals surface area contributed by atoms with Crippen LogP contribution < -0.4 is 9.64 Å². The summed E-state index contributed by atoms with van der Waals surface area (Å²) in [4.78, 5) is 14.5. The Hall–Kier alpha value is -3.13. The van der Waals surface area contributed by atoms with Crippen LogP contribution in [0.25, 0.3) is 5.69 Å². The van der Waals surface area contributed by atoms with Crippen LogP contribution in [0, 0.1) is 0 Å². The number of carbonyl (C=O) groups is 1. The Balaban J connectivity index is 1.76. The number of amides is 1. The molecule has 0 radical (unpaired) electrons. The second-order valence-electron chi connectivity index (χ2n) is 5.69. The number of aromatic nitrogens is 4. The van der Waals surface area contributed by atoms with Crippen molar-refractivity contribution in [1.29, 1.82) is 0 Å². The van der Waals surface area contributed by atoms with Crippen LogP contribution in [-0.2, 0) is 4.79 Å². The van der Waals surface area contributed by atoms with Gasteiger partial charge in [-0.3, -0.25) is 4.79 Å². The van der Waals surface area contributed by atoms with E-state index in [4.69, 9.17) is 4.74 Å². The molecule has 1 amide bonds. The highest BCUT2D eigenvalue weighted by Crippen LogP contribution is 2.26. The number of benzene rings is 2. The standard InChI is InChI=1S/C20H21N5O2S/c1-3-14-24(16-10-6-5-7-11-16)19(26)15-28-20-21-22-23-25(20)17-12-8-9-13-18(17)27-4-2/h3,5-13H,1,4,14-15H2,2H3. The average Bonchev–Trinajstić information content (AvgIpc) is 3.20. The molecule has 0 fully saturated rings. The highest BCUT2D eigenvalue weighted by molar-refractivity contribution is 7.99. The lowest BCUT2D eigenvalue weighted by molar-refractivity contribution is -0.116. The molecular formula is C20H21N5O2S. The van der Waals surface area contributed by atoms with Crippen molar-refractivity contribution in [2.75, 3.05) is 23.8 Å². The topological polar surface area (TPSA) is 73.1 Å². The predicted octanol–water partition coefficient (Wildman–Crippen LogP) is 3.37. The monoisotopic (exact) mass is 395 g/mol. The van der Waals surface area contributed by atoms with Crippen molar-refractivity contribution in [3.05, 3.63) is 67.3 Å². The van der Waals surface area contributed by atoms with Gasteiger partial charge in [-0.05, 0) is 41.6 Å². The minimum atomic E-state index is -0.0521. The molecular weight excluding hydrogens is 374 g/mol. The molecule has 7 nitrogen and oxygen atoms in total. The minimum absolute atomic E-state index is 0.0521. The van der Waals surface area contributed by atoms with Crippen molar-refractivity contribution in [1.82, 2.24) is 20.2 Å². The molecule has 0 spiro atoms. The molecule has 3 rings (SSSR count). The smallest absolute Gasteiger partial charge is 0.237 e. The molecule has 144 valence electrons. The Morgan fingerprint density at radius 1 is 1.21 bits per heavy atom. The van der Waals surface area contributed by atoms with E-state index in [9.17, 15) is 4.79 Å². The van der Waals surface area contributed by atoms with Gasteiger partial charge in [0.1, 0.15) is 11.4 Å². The van der Waals surface area contributed by atoms with E-state index < -0.39 is 0 Å². The van der Waals surface area contributed by atoms with Crippen LogP contribution >= 0.6 is 11.8 Å². The van der Waals surface area contributed by atoms with E-state index in [-0.39, 0.29) is 11.7 Å². The summed E-state index contributed by atoms with van der Waals surface area (Å²) >= 11 is 1.28. The van der Waals surface area contributed by atoms with Crippen molar-refractivity contribution in [2.45, 2.75) is 12.1 Å². The predicted molar refractivity (Wildman–Crippen MR) is 110 cm³/mol. The van der Waals surface area contributed by atoms with Crippen LogP contribution in [0.5, 0.6) is 5.75 Å². The minimum Gasteiger partial charge on any atom is -0.492 e. The first-order valence-electron chi connectivity index (χ1n) is 8.84. The second kappa shape index (κ2) is 9.70. The number of nitrogens with zero attached hydrogens (tertiary/aromatic N) is 5. The molecule has 0 aliphatic heterocycles. The number of para-hydroxylation sites is 3. The molecule has 28 heavy (non-hydrogen) atoms. The maximum absolute atomic E-state index is 12.8. The lowest BCUT2D eigenvalue weighted by atomic mass is 10.3. The summed E-state index contributed by atoms with van der Waals surface area (Å²) in [6.45, 7) is 6.63. The van der Waals surface area contributed by atoms with E-state index in [1.807, 2.05) is 61.5 Å². The van der Waals surface area contributed by atoms with Gasteiger partial charge >= 0.3 is 0 Å². The Bertz CT molecular complexity index is 929. The fourth-order valence-corrected chi connectivity index (χ4v) is 3.38. The third-order valence-corrected chi connectivity index (χ3v) is 4.74. The van der Waals surface area contributed by atoms with Gasteiger partial charge in [-0.25, -0.2) is 0 Å². The zero-order chi connectivity index (χ0) is 19.8. The first-order chi connectivity index (χ1) is 13.7. The number of thioether (sulfide) groups is 1. The van der Waals surface area contributed by atoms with E-state index >= 15 is 0 Å². The molecule has 2 aromatic carbocycles. The van der Waals surface area contributed by atoms with Gasteiger partial charge in [0.05, 0.1) is 12.4 Å². The van der Waals surface area contributed by atoms with E-state index in [1.54, 1.807) is 15.7 Å². The molecule has 0 unspecified atom stereocenters. The van der Waals surface area contributed by atoms with Gasteiger partial charge < -0.3 is 9.64 Å². The van der Waals surface area contributed by atoms with Gasteiger partial charge in [-0.1, -0.05) is 48.2 Å². The molecule has 0 atom stereocenters. The summed E-state index contributed by atoms with van der Waals surface area (Å²) in [6, 6.07) is 17.0. The zero-order valence-corrected chi connectivity index (χ0v) is 16.4. The quantitative estimate of drug-likeness (QED) is 0.409. The highest BCUT2D eigenvalue weighted by atomic mass is 32.2. The second-order valence-corrected chi connectivity index (χ2v) is 6.63. The number of rotatable bonds is 9. The molecule has 0 aliphatic carbocycles. The fourth-order valence-electron chi connectivity index (χ4n) is 2.62. The zero-order valence-electron chi connectivity index (χ0n) is 15.6. The normalized spacial score (nSPS) is 10.5. The van der Waals surface area contributed by atoms with Gasteiger partial charge in [0.15, 0.2) is 0 Å². The number of hydrogen-bond donors (Lipinski definition) is 0. The Morgan fingerprint density at radius 3 is 2.71 bits per heavy atom. The summed E-state index contributed by atoms with van der Waals surface area (Å²) in [5.41, 5.74) is 1.56. The molecule has 0 saturated heterocycles. The molecule has 1 heterocycles. The van der Waals surface area contributed by atoms with E-state index in [1.165, 1.54) is 11.8 Å². The van der Waals surface area contributed by atoms with Gasteiger partial charge in [-0.2, -0.15) is 4.68 Å². The molecule has 0 N–H and O–H groups in total. The molecule has 8 heteroatoms. The molecule has 1 aromatic heterocycles. The first kappa shape index (κ1) is 19.6. The lowest BCUT2D eigenvalue weighted by Gasteiger charge is -2.21. The van der Waals surface area contributed by atoms with Gasteiger partial charge in [0.2, 0.25) is 11.1 Å². The van der Waals surface area contributed by atoms with Crippen LogP contribution in [0.1, 0.15) is 6.92 Å². The summed E-state index contributed by atoms with van der Waals surface area (Å²) < 4.78 is 7.24. The maximum Gasteiger partial charge on any atom is 0.237 e. The summed E-state index contributed by atoms with van der Waals surface area (Å²) in [5, 5.41) is 12.4. The van der Waals surface area contributed by atoms with E-state index in [0.717, 1.165) is 11.4 Å². The van der Waals surface area contributed by atoms with Crippen LogP contribution in [0.15, 0.2) is 72.4 Å².